The number of carbonyl (C=O) groups excluding carboxylic acids is 1. The van der Waals surface area contributed by atoms with Gasteiger partial charge in [-0.15, -0.1) is 0 Å². The maximum Gasteiger partial charge on any atom is 0.224 e. The van der Waals surface area contributed by atoms with E-state index in [1.54, 1.807) is 23.0 Å². The molecule has 0 aliphatic rings. The van der Waals surface area contributed by atoms with Crippen LogP contribution in [0, 0.1) is 12.7 Å². The average molecular weight is 261 g/mol. The van der Waals surface area contributed by atoms with Gasteiger partial charge in [-0.3, -0.25) is 9.48 Å². The molecule has 0 aliphatic heterocycles. The van der Waals surface area contributed by atoms with E-state index in [1.807, 2.05) is 14.0 Å². The molecular formula is C14H16FN3O. The molecular weight excluding hydrogens is 245 g/mol. The maximum atomic E-state index is 13.0. The number of rotatable bonds is 4. The van der Waals surface area contributed by atoms with Crippen molar-refractivity contribution in [2.75, 3.05) is 5.32 Å². The lowest BCUT2D eigenvalue weighted by Gasteiger charge is -2.05. The summed E-state index contributed by atoms with van der Waals surface area (Å²) >= 11 is 0. The minimum absolute atomic E-state index is 0.131. The van der Waals surface area contributed by atoms with Gasteiger partial charge in [-0.05, 0) is 37.1 Å². The molecule has 0 radical (unpaired) electrons. The van der Waals surface area contributed by atoms with Gasteiger partial charge in [0.15, 0.2) is 0 Å². The van der Waals surface area contributed by atoms with Gasteiger partial charge in [0, 0.05) is 24.8 Å². The molecule has 5 heteroatoms. The molecule has 0 saturated carbocycles. The first-order valence-corrected chi connectivity index (χ1v) is 6.09. The van der Waals surface area contributed by atoms with Crippen LogP contribution in [0.15, 0.2) is 30.5 Å². The van der Waals surface area contributed by atoms with Crippen molar-refractivity contribution in [3.05, 3.63) is 47.5 Å². The summed E-state index contributed by atoms with van der Waals surface area (Å²) in [5.41, 5.74) is 2.59. The van der Waals surface area contributed by atoms with Crippen molar-refractivity contribution in [1.82, 2.24) is 9.78 Å². The van der Waals surface area contributed by atoms with E-state index in [4.69, 9.17) is 0 Å². The second-order valence-corrected chi connectivity index (χ2v) is 4.44. The first-order chi connectivity index (χ1) is 9.06. The Morgan fingerprint density at radius 1 is 1.47 bits per heavy atom. The van der Waals surface area contributed by atoms with E-state index in [0.717, 1.165) is 11.3 Å². The van der Waals surface area contributed by atoms with Crippen LogP contribution in [-0.2, 0) is 18.3 Å². The van der Waals surface area contributed by atoms with Crippen LogP contribution >= 0.6 is 0 Å². The molecule has 0 saturated heterocycles. The zero-order valence-electron chi connectivity index (χ0n) is 11.0. The van der Waals surface area contributed by atoms with Crippen LogP contribution in [-0.4, -0.2) is 15.7 Å². The van der Waals surface area contributed by atoms with Gasteiger partial charge >= 0.3 is 0 Å². The Balaban J connectivity index is 1.90. The van der Waals surface area contributed by atoms with Gasteiger partial charge in [0.2, 0.25) is 5.91 Å². The van der Waals surface area contributed by atoms with E-state index >= 15 is 0 Å². The van der Waals surface area contributed by atoms with Crippen molar-refractivity contribution in [2.45, 2.75) is 19.8 Å². The number of benzene rings is 1. The fourth-order valence-electron chi connectivity index (χ4n) is 1.83. The number of nitrogens with zero attached hydrogens (tertiary/aromatic N) is 2. The molecule has 1 N–H and O–H groups in total. The van der Waals surface area contributed by atoms with E-state index < -0.39 is 0 Å². The molecule has 1 aromatic carbocycles. The molecule has 0 spiro atoms. The number of hydrogen-bond acceptors (Lipinski definition) is 2. The van der Waals surface area contributed by atoms with E-state index in [2.05, 4.69) is 10.4 Å². The molecule has 0 unspecified atom stereocenters. The first-order valence-electron chi connectivity index (χ1n) is 6.09. The Hall–Kier alpha value is -2.17. The number of halogens is 1. The smallest absolute Gasteiger partial charge is 0.224 e. The van der Waals surface area contributed by atoms with E-state index in [-0.39, 0.29) is 11.7 Å². The van der Waals surface area contributed by atoms with E-state index in [9.17, 15) is 9.18 Å². The predicted octanol–water partition coefficient (Wildman–Crippen LogP) is 2.44. The molecule has 2 aromatic rings. The lowest BCUT2D eigenvalue weighted by atomic mass is 10.1. The van der Waals surface area contributed by atoms with Crippen molar-refractivity contribution in [3.8, 4) is 0 Å². The van der Waals surface area contributed by atoms with Crippen LogP contribution in [0.25, 0.3) is 0 Å². The van der Waals surface area contributed by atoms with Crippen molar-refractivity contribution in [1.29, 1.82) is 0 Å². The van der Waals surface area contributed by atoms with Gasteiger partial charge in [0.25, 0.3) is 0 Å². The molecule has 0 atom stereocenters. The summed E-state index contributed by atoms with van der Waals surface area (Å²) in [6.45, 7) is 1.97. The molecule has 4 nitrogen and oxygen atoms in total. The second-order valence-electron chi connectivity index (χ2n) is 4.44. The number of aryl methyl sites for hydroxylation is 2. The highest BCUT2D eigenvalue weighted by molar-refractivity contribution is 5.90. The Kier molecular flexibility index (Phi) is 3.94. The average Bonchev–Trinajstić information content (AvgIpc) is 2.68. The molecule has 1 heterocycles. The van der Waals surface area contributed by atoms with Gasteiger partial charge in [0.05, 0.1) is 6.20 Å². The quantitative estimate of drug-likeness (QED) is 0.918. The summed E-state index contributed by atoms with van der Waals surface area (Å²) in [4.78, 5) is 11.8. The third kappa shape index (κ3) is 3.40. The number of amides is 1. The lowest BCUT2D eigenvalue weighted by Crippen LogP contribution is -2.12. The molecule has 0 bridgehead atoms. The number of nitrogens with one attached hydrogen (secondary N) is 1. The Labute approximate surface area is 111 Å². The fraction of sp³-hybridized carbons (Fsp3) is 0.286. The van der Waals surface area contributed by atoms with Crippen LogP contribution in [0.5, 0.6) is 0 Å². The van der Waals surface area contributed by atoms with Crippen molar-refractivity contribution < 1.29 is 9.18 Å². The molecule has 1 amide bonds. The van der Waals surface area contributed by atoms with Crippen LogP contribution in [0.2, 0.25) is 0 Å². The molecule has 19 heavy (non-hydrogen) atoms. The monoisotopic (exact) mass is 261 g/mol. The second kappa shape index (κ2) is 5.65. The summed E-state index contributed by atoms with van der Waals surface area (Å²) < 4.78 is 14.7. The Morgan fingerprint density at radius 3 is 2.89 bits per heavy atom. The van der Waals surface area contributed by atoms with Crippen LogP contribution < -0.4 is 5.32 Å². The van der Waals surface area contributed by atoms with Gasteiger partial charge in [-0.1, -0.05) is 6.07 Å². The normalized spacial score (nSPS) is 10.5. The number of anilines is 1. The predicted molar refractivity (Wildman–Crippen MR) is 71.3 cm³/mol. The third-order valence-corrected chi connectivity index (χ3v) is 3.07. The first kappa shape index (κ1) is 13.3. The highest BCUT2D eigenvalue weighted by atomic mass is 19.1. The minimum Gasteiger partial charge on any atom is -0.326 e. The molecule has 2 rings (SSSR count). The summed E-state index contributed by atoms with van der Waals surface area (Å²) in [5.74, 6) is -0.491. The third-order valence-electron chi connectivity index (χ3n) is 3.07. The number of carbonyl (C=O) groups is 1. The SMILES string of the molecule is Cc1c(CCC(=O)Nc2cccc(F)c2)cnn1C. The maximum absolute atomic E-state index is 13.0. The van der Waals surface area contributed by atoms with Crippen LogP contribution in [0.4, 0.5) is 10.1 Å². The molecule has 100 valence electrons. The summed E-state index contributed by atoms with van der Waals surface area (Å²) in [6.07, 6.45) is 2.74. The van der Waals surface area contributed by atoms with Crippen molar-refractivity contribution in [2.24, 2.45) is 7.05 Å². The van der Waals surface area contributed by atoms with Gasteiger partial charge in [-0.25, -0.2) is 4.39 Å². The van der Waals surface area contributed by atoms with Gasteiger partial charge < -0.3 is 5.32 Å². The molecule has 0 fully saturated rings. The Bertz CT molecular complexity index is 592. The summed E-state index contributed by atoms with van der Waals surface area (Å²) in [7, 11) is 1.87. The Morgan fingerprint density at radius 2 is 2.26 bits per heavy atom. The topological polar surface area (TPSA) is 46.9 Å². The van der Waals surface area contributed by atoms with Crippen LogP contribution in [0.1, 0.15) is 17.7 Å². The van der Waals surface area contributed by atoms with Gasteiger partial charge in [-0.2, -0.15) is 5.10 Å². The standard InChI is InChI=1S/C14H16FN3O/c1-10-11(9-16-18(10)2)6-7-14(19)17-13-5-3-4-12(15)8-13/h3-5,8-9H,6-7H2,1-2H3,(H,17,19). The zero-order valence-corrected chi connectivity index (χ0v) is 11.0. The summed E-state index contributed by atoms with van der Waals surface area (Å²) in [6, 6.07) is 5.87. The highest BCUT2D eigenvalue weighted by Gasteiger charge is 2.07. The fourth-order valence-corrected chi connectivity index (χ4v) is 1.83. The summed E-state index contributed by atoms with van der Waals surface area (Å²) in [5, 5.41) is 6.80. The molecule has 1 aromatic heterocycles. The largest absolute Gasteiger partial charge is 0.326 e. The van der Waals surface area contributed by atoms with Crippen LogP contribution in [0.3, 0.4) is 0 Å². The lowest BCUT2D eigenvalue weighted by molar-refractivity contribution is -0.116. The molecule has 0 aliphatic carbocycles. The van der Waals surface area contributed by atoms with Crippen molar-refractivity contribution >= 4 is 11.6 Å². The van der Waals surface area contributed by atoms with E-state index in [0.29, 0.717) is 18.5 Å². The minimum atomic E-state index is -0.360. The van der Waals surface area contributed by atoms with E-state index in [1.165, 1.54) is 12.1 Å². The zero-order chi connectivity index (χ0) is 13.8. The van der Waals surface area contributed by atoms with Crippen molar-refractivity contribution in [3.63, 3.8) is 0 Å². The van der Waals surface area contributed by atoms with Gasteiger partial charge in [0.1, 0.15) is 5.82 Å². The highest BCUT2D eigenvalue weighted by Crippen LogP contribution is 2.12. The number of aromatic nitrogens is 2. The number of hydrogen-bond donors (Lipinski definition) is 1.